The first-order valence-corrected chi connectivity index (χ1v) is 5.62. The molecule has 0 radical (unpaired) electrons. The van der Waals surface area contributed by atoms with Crippen LogP contribution in [0, 0.1) is 13.8 Å². The van der Waals surface area contributed by atoms with Crippen molar-refractivity contribution in [3.05, 3.63) is 15.6 Å². The lowest BCUT2D eigenvalue weighted by Crippen LogP contribution is -2.10. The molecule has 1 fully saturated rings. The van der Waals surface area contributed by atoms with Crippen molar-refractivity contribution < 1.29 is 5.11 Å². The Labute approximate surface area is 82.6 Å². The molecule has 3 heteroatoms. The third kappa shape index (κ3) is 1.63. The summed E-state index contributed by atoms with van der Waals surface area (Å²) in [6, 6.07) is 0. The van der Waals surface area contributed by atoms with E-state index in [0.717, 1.165) is 30.0 Å². The first-order chi connectivity index (χ1) is 6.18. The SMILES string of the molecule is Cc1nc([C@@H]2CCC[C@H]2O)sc1C. The molecule has 13 heavy (non-hydrogen) atoms. The second kappa shape index (κ2) is 3.39. The fraction of sp³-hybridized carbons (Fsp3) is 0.700. The van der Waals surface area contributed by atoms with E-state index >= 15 is 0 Å². The van der Waals surface area contributed by atoms with Crippen molar-refractivity contribution in [1.29, 1.82) is 0 Å². The van der Waals surface area contributed by atoms with E-state index in [1.807, 2.05) is 6.92 Å². The number of aliphatic hydroxyl groups is 1. The van der Waals surface area contributed by atoms with Crippen LogP contribution < -0.4 is 0 Å². The molecular weight excluding hydrogens is 182 g/mol. The molecule has 1 aromatic heterocycles. The van der Waals surface area contributed by atoms with E-state index in [0.29, 0.717) is 5.92 Å². The number of aliphatic hydroxyl groups excluding tert-OH is 1. The number of aromatic nitrogens is 1. The quantitative estimate of drug-likeness (QED) is 0.750. The van der Waals surface area contributed by atoms with Gasteiger partial charge in [0.2, 0.25) is 0 Å². The molecule has 0 unspecified atom stereocenters. The van der Waals surface area contributed by atoms with Gasteiger partial charge >= 0.3 is 0 Å². The lowest BCUT2D eigenvalue weighted by molar-refractivity contribution is 0.163. The van der Waals surface area contributed by atoms with Crippen LogP contribution in [-0.4, -0.2) is 16.2 Å². The Kier molecular flexibility index (Phi) is 2.39. The maximum atomic E-state index is 9.71. The van der Waals surface area contributed by atoms with Gasteiger partial charge in [-0.1, -0.05) is 6.42 Å². The van der Waals surface area contributed by atoms with Crippen LogP contribution in [0.3, 0.4) is 0 Å². The molecule has 2 atom stereocenters. The summed E-state index contributed by atoms with van der Waals surface area (Å²) >= 11 is 1.74. The predicted octanol–water partition coefficient (Wildman–Crippen LogP) is 2.39. The third-order valence-electron chi connectivity index (χ3n) is 2.84. The van der Waals surface area contributed by atoms with Crippen molar-refractivity contribution in [3.63, 3.8) is 0 Å². The van der Waals surface area contributed by atoms with Crippen molar-refractivity contribution in [1.82, 2.24) is 4.98 Å². The Bertz CT molecular complexity index is 288. The van der Waals surface area contributed by atoms with Crippen molar-refractivity contribution in [2.24, 2.45) is 0 Å². The molecule has 1 N–H and O–H groups in total. The summed E-state index contributed by atoms with van der Waals surface area (Å²) in [5.74, 6) is 0.317. The van der Waals surface area contributed by atoms with Crippen molar-refractivity contribution >= 4 is 11.3 Å². The minimum absolute atomic E-state index is 0.148. The molecule has 0 spiro atoms. The van der Waals surface area contributed by atoms with Crippen LogP contribution in [0.1, 0.15) is 40.8 Å². The second-order valence-corrected chi connectivity index (χ2v) is 5.03. The molecule has 1 aliphatic carbocycles. The summed E-state index contributed by atoms with van der Waals surface area (Å²) in [4.78, 5) is 5.79. The average Bonchev–Trinajstić information content (AvgIpc) is 2.60. The molecule has 2 rings (SSSR count). The van der Waals surface area contributed by atoms with Crippen LogP contribution in [0.15, 0.2) is 0 Å². The second-order valence-electron chi connectivity index (χ2n) is 3.80. The maximum Gasteiger partial charge on any atom is 0.0987 e. The molecule has 1 saturated carbocycles. The fourth-order valence-electron chi connectivity index (χ4n) is 1.88. The molecule has 0 aromatic carbocycles. The minimum Gasteiger partial charge on any atom is -0.392 e. The molecule has 0 saturated heterocycles. The van der Waals surface area contributed by atoms with E-state index < -0.39 is 0 Å². The Morgan fingerprint density at radius 1 is 1.38 bits per heavy atom. The zero-order chi connectivity index (χ0) is 9.42. The summed E-state index contributed by atoms with van der Waals surface area (Å²) in [7, 11) is 0. The van der Waals surface area contributed by atoms with E-state index in [4.69, 9.17) is 0 Å². The van der Waals surface area contributed by atoms with E-state index in [9.17, 15) is 5.11 Å². The standard InChI is InChI=1S/C10H15NOS/c1-6-7(2)13-10(11-6)8-4-3-5-9(8)12/h8-9,12H,3-5H2,1-2H3/t8-,9-/m1/s1. The van der Waals surface area contributed by atoms with Crippen LogP contribution in [0.5, 0.6) is 0 Å². The molecule has 0 bridgehead atoms. The van der Waals surface area contributed by atoms with Crippen LogP contribution in [0.25, 0.3) is 0 Å². The molecule has 2 nitrogen and oxygen atoms in total. The van der Waals surface area contributed by atoms with Gasteiger partial charge < -0.3 is 5.11 Å². The van der Waals surface area contributed by atoms with Crippen LogP contribution >= 0.6 is 11.3 Å². The highest BCUT2D eigenvalue weighted by Crippen LogP contribution is 2.37. The Balaban J connectivity index is 2.24. The topological polar surface area (TPSA) is 33.1 Å². The number of aryl methyl sites for hydroxylation is 2. The summed E-state index contributed by atoms with van der Waals surface area (Å²) in [5.41, 5.74) is 1.12. The van der Waals surface area contributed by atoms with Gasteiger partial charge in [0, 0.05) is 10.8 Å². The van der Waals surface area contributed by atoms with Crippen LogP contribution in [-0.2, 0) is 0 Å². The van der Waals surface area contributed by atoms with Gasteiger partial charge in [-0.05, 0) is 26.7 Å². The van der Waals surface area contributed by atoms with E-state index in [1.54, 1.807) is 11.3 Å². The lowest BCUT2D eigenvalue weighted by atomic mass is 10.1. The maximum absolute atomic E-state index is 9.71. The number of hydrogen-bond acceptors (Lipinski definition) is 3. The number of thiazole rings is 1. The van der Waals surface area contributed by atoms with Crippen LogP contribution in [0.4, 0.5) is 0 Å². The molecule has 0 aliphatic heterocycles. The number of hydrogen-bond donors (Lipinski definition) is 1. The molecule has 0 amide bonds. The first-order valence-electron chi connectivity index (χ1n) is 4.80. The highest BCUT2D eigenvalue weighted by Gasteiger charge is 2.29. The molecule has 1 heterocycles. The third-order valence-corrected chi connectivity index (χ3v) is 4.05. The molecule has 1 aliphatic rings. The largest absolute Gasteiger partial charge is 0.392 e. The minimum atomic E-state index is -0.148. The zero-order valence-electron chi connectivity index (χ0n) is 8.08. The summed E-state index contributed by atoms with van der Waals surface area (Å²) in [5, 5.41) is 10.8. The highest BCUT2D eigenvalue weighted by molar-refractivity contribution is 7.11. The Hall–Kier alpha value is -0.410. The Morgan fingerprint density at radius 3 is 2.62 bits per heavy atom. The van der Waals surface area contributed by atoms with Crippen molar-refractivity contribution in [3.8, 4) is 0 Å². The van der Waals surface area contributed by atoms with Gasteiger partial charge in [0.1, 0.15) is 0 Å². The van der Waals surface area contributed by atoms with Crippen LogP contribution in [0.2, 0.25) is 0 Å². The van der Waals surface area contributed by atoms with Crippen molar-refractivity contribution in [2.45, 2.75) is 45.1 Å². The van der Waals surface area contributed by atoms with Gasteiger partial charge in [-0.3, -0.25) is 0 Å². The van der Waals surface area contributed by atoms with Crippen molar-refractivity contribution in [2.75, 3.05) is 0 Å². The molecule has 72 valence electrons. The van der Waals surface area contributed by atoms with Gasteiger partial charge in [0.25, 0.3) is 0 Å². The van der Waals surface area contributed by atoms with Gasteiger partial charge in [-0.25, -0.2) is 4.98 Å². The number of nitrogens with zero attached hydrogens (tertiary/aromatic N) is 1. The zero-order valence-corrected chi connectivity index (χ0v) is 8.90. The van der Waals surface area contributed by atoms with E-state index in [-0.39, 0.29) is 6.10 Å². The fourth-order valence-corrected chi connectivity index (χ4v) is 3.00. The van der Waals surface area contributed by atoms with E-state index in [1.165, 1.54) is 4.88 Å². The Morgan fingerprint density at radius 2 is 2.15 bits per heavy atom. The summed E-state index contributed by atoms with van der Waals surface area (Å²) in [6.45, 7) is 4.13. The van der Waals surface area contributed by atoms with E-state index in [2.05, 4.69) is 11.9 Å². The van der Waals surface area contributed by atoms with Gasteiger partial charge in [0.05, 0.1) is 16.8 Å². The normalized spacial score (nSPS) is 28.2. The molecular formula is C10H15NOS. The monoisotopic (exact) mass is 197 g/mol. The highest BCUT2D eigenvalue weighted by atomic mass is 32.1. The summed E-state index contributed by atoms with van der Waals surface area (Å²) < 4.78 is 0. The number of rotatable bonds is 1. The average molecular weight is 197 g/mol. The van der Waals surface area contributed by atoms with Gasteiger partial charge in [0.15, 0.2) is 0 Å². The lowest BCUT2D eigenvalue weighted by Gasteiger charge is -2.09. The van der Waals surface area contributed by atoms with Gasteiger partial charge in [-0.2, -0.15) is 0 Å². The summed E-state index contributed by atoms with van der Waals surface area (Å²) in [6.07, 6.45) is 3.05. The first kappa shape index (κ1) is 9.16. The predicted molar refractivity (Wildman–Crippen MR) is 54.2 cm³/mol. The molecule has 1 aromatic rings. The smallest absolute Gasteiger partial charge is 0.0987 e. The van der Waals surface area contributed by atoms with Gasteiger partial charge in [-0.15, -0.1) is 11.3 Å².